The molecule has 0 saturated carbocycles. The van der Waals surface area contributed by atoms with E-state index < -0.39 is 0 Å². The van der Waals surface area contributed by atoms with Crippen molar-refractivity contribution in [2.24, 2.45) is 11.8 Å². The maximum atomic E-state index is 12.7. The van der Waals surface area contributed by atoms with Crippen LogP contribution in [0.1, 0.15) is 42.9 Å². The summed E-state index contributed by atoms with van der Waals surface area (Å²) in [5, 5.41) is 12.8. The molecule has 12 nitrogen and oxygen atoms in total. The Bertz CT molecular complexity index is 2380. The number of aromatic amines is 2. The van der Waals surface area contributed by atoms with Crippen LogP contribution in [0.15, 0.2) is 113 Å². The Morgan fingerprint density at radius 2 is 1.14 bits per heavy atom. The second-order valence-electron chi connectivity index (χ2n) is 13.7. The molecule has 2 aliphatic rings. The molecule has 4 atom stereocenters. The van der Waals surface area contributed by atoms with Crippen molar-refractivity contribution < 1.29 is 0 Å². The number of aromatic nitrogens is 8. The lowest BCUT2D eigenvalue weighted by Crippen LogP contribution is -2.22. The molecule has 2 aliphatic heterocycles. The highest BCUT2D eigenvalue weighted by Gasteiger charge is 2.33. The Morgan fingerprint density at radius 1 is 0.627 bits per heavy atom. The Morgan fingerprint density at radius 3 is 1.65 bits per heavy atom. The van der Waals surface area contributed by atoms with Gasteiger partial charge < -0.3 is 15.3 Å². The second kappa shape index (κ2) is 13.9. The van der Waals surface area contributed by atoms with Crippen LogP contribution in [0.3, 0.4) is 0 Å². The van der Waals surface area contributed by atoms with Crippen molar-refractivity contribution in [3.05, 3.63) is 141 Å². The van der Waals surface area contributed by atoms with E-state index in [1.54, 1.807) is 21.4 Å². The normalized spacial score (nSPS) is 20.5. The summed E-state index contributed by atoms with van der Waals surface area (Å²) < 4.78 is 3.35. The van der Waals surface area contributed by atoms with E-state index in [2.05, 4.69) is 73.4 Å². The SMILES string of the molecule is CC1CN(Cc2ccccc2)CC1c1nn2c(-c3ccccc3)ncc2c(=O)[nH]1.CC1CNCC1c1nn2c(-c3ccccc3)ncc2c(=O)[nH]1. The Hall–Kier alpha value is -5.72. The van der Waals surface area contributed by atoms with E-state index in [0.717, 1.165) is 55.5 Å². The van der Waals surface area contributed by atoms with E-state index in [4.69, 9.17) is 5.10 Å². The van der Waals surface area contributed by atoms with Gasteiger partial charge >= 0.3 is 0 Å². The molecule has 7 aromatic rings. The number of imidazole rings is 2. The summed E-state index contributed by atoms with van der Waals surface area (Å²) in [4.78, 5) is 42.2. The van der Waals surface area contributed by atoms with Crippen LogP contribution in [0.2, 0.25) is 0 Å². The number of nitrogens with one attached hydrogen (secondary N) is 3. The molecule has 0 aliphatic carbocycles. The quantitative estimate of drug-likeness (QED) is 0.229. The van der Waals surface area contributed by atoms with Crippen molar-refractivity contribution in [1.29, 1.82) is 0 Å². The third-order valence-corrected chi connectivity index (χ3v) is 10.1. The lowest BCUT2D eigenvalue weighted by atomic mass is 9.97. The lowest BCUT2D eigenvalue weighted by Gasteiger charge is -2.16. The fraction of sp³-hybridized carbons (Fsp3) is 0.282. The molecule has 0 radical (unpaired) electrons. The Labute approximate surface area is 294 Å². The molecule has 2 fully saturated rings. The van der Waals surface area contributed by atoms with Crippen LogP contribution >= 0.6 is 0 Å². The Balaban J connectivity index is 0.000000152. The molecule has 0 bridgehead atoms. The molecule has 3 aromatic carbocycles. The third kappa shape index (κ3) is 6.51. The first-order valence-electron chi connectivity index (χ1n) is 17.5. The van der Waals surface area contributed by atoms with Crippen LogP contribution in [0.4, 0.5) is 0 Å². The van der Waals surface area contributed by atoms with Gasteiger partial charge in [0.25, 0.3) is 11.1 Å². The largest absolute Gasteiger partial charge is 0.316 e. The molecular weight excluding hydrogens is 640 g/mol. The second-order valence-corrected chi connectivity index (χ2v) is 13.7. The van der Waals surface area contributed by atoms with E-state index in [-0.39, 0.29) is 23.0 Å². The van der Waals surface area contributed by atoms with Crippen molar-refractivity contribution in [2.75, 3.05) is 26.2 Å². The van der Waals surface area contributed by atoms with Crippen LogP contribution in [0, 0.1) is 11.8 Å². The van der Waals surface area contributed by atoms with Gasteiger partial charge in [0.05, 0.1) is 12.4 Å². The minimum atomic E-state index is -0.140. The molecule has 0 spiro atoms. The first-order valence-corrected chi connectivity index (χ1v) is 17.5. The number of nitrogens with zero attached hydrogens (tertiary/aromatic N) is 7. The van der Waals surface area contributed by atoms with E-state index in [0.29, 0.717) is 34.5 Å². The van der Waals surface area contributed by atoms with Crippen molar-refractivity contribution in [1.82, 2.24) is 49.4 Å². The summed E-state index contributed by atoms with van der Waals surface area (Å²) in [5.41, 5.74) is 3.86. The number of likely N-dealkylation sites (tertiary alicyclic amines) is 1. The van der Waals surface area contributed by atoms with Gasteiger partial charge in [0.2, 0.25) is 0 Å². The highest BCUT2D eigenvalue weighted by atomic mass is 16.1. The predicted molar refractivity (Wildman–Crippen MR) is 196 cm³/mol. The van der Waals surface area contributed by atoms with Gasteiger partial charge in [-0.2, -0.15) is 10.2 Å². The van der Waals surface area contributed by atoms with E-state index in [9.17, 15) is 9.59 Å². The molecular formula is C39H40N10O2. The highest BCUT2D eigenvalue weighted by molar-refractivity contribution is 5.61. The fourth-order valence-electron chi connectivity index (χ4n) is 7.30. The van der Waals surface area contributed by atoms with Gasteiger partial charge in [0.15, 0.2) is 22.7 Å². The highest BCUT2D eigenvalue weighted by Crippen LogP contribution is 2.31. The number of fused-ring (bicyclic) bond motifs is 2. The predicted octanol–water partition coefficient (Wildman–Crippen LogP) is 4.73. The molecule has 4 aromatic heterocycles. The number of hydrogen-bond acceptors (Lipinski definition) is 8. The summed E-state index contributed by atoms with van der Waals surface area (Å²) in [5.74, 6) is 4.12. The average Bonchev–Trinajstić information content (AvgIpc) is 3.96. The van der Waals surface area contributed by atoms with Gasteiger partial charge in [-0.3, -0.25) is 14.5 Å². The van der Waals surface area contributed by atoms with Crippen LogP contribution in [-0.4, -0.2) is 70.2 Å². The zero-order chi connectivity index (χ0) is 34.9. The van der Waals surface area contributed by atoms with Crippen LogP contribution < -0.4 is 16.4 Å². The monoisotopic (exact) mass is 680 g/mol. The number of H-pyrrole nitrogens is 2. The molecule has 9 rings (SSSR count). The van der Waals surface area contributed by atoms with E-state index >= 15 is 0 Å². The maximum absolute atomic E-state index is 12.7. The summed E-state index contributed by atoms with van der Waals surface area (Å²) in [6.07, 6.45) is 3.17. The van der Waals surface area contributed by atoms with Crippen molar-refractivity contribution >= 4 is 11.0 Å². The van der Waals surface area contributed by atoms with Crippen LogP contribution in [-0.2, 0) is 6.54 Å². The minimum Gasteiger partial charge on any atom is -0.316 e. The number of rotatable bonds is 6. The van der Waals surface area contributed by atoms with Gasteiger partial charge in [-0.25, -0.2) is 19.0 Å². The molecule has 51 heavy (non-hydrogen) atoms. The van der Waals surface area contributed by atoms with E-state index in [1.165, 1.54) is 5.56 Å². The summed E-state index contributed by atoms with van der Waals surface area (Å²) in [6, 6.07) is 30.2. The fourth-order valence-corrected chi connectivity index (χ4v) is 7.30. The molecule has 258 valence electrons. The smallest absolute Gasteiger partial charge is 0.276 e. The van der Waals surface area contributed by atoms with Gasteiger partial charge in [-0.05, 0) is 23.9 Å². The maximum Gasteiger partial charge on any atom is 0.276 e. The number of hydrogen-bond donors (Lipinski definition) is 3. The molecule has 2 saturated heterocycles. The topological polar surface area (TPSA) is 141 Å². The third-order valence-electron chi connectivity index (χ3n) is 10.1. The zero-order valence-electron chi connectivity index (χ0n) is 28.6. The summed E-state index contributed by atoms with van der Waals surface area (Å²) in [7, 11) is 0. The molecule has 4 unspecified atom stereocenters. The first-order chi connectivity index (χ1) is 24.9. The van der Waals surface area contributed by atoms with Crippen molar-refractivity contribution in [3.8, 4) is 22.8 Å². The van der Waals surface area contributed by atoms with Crippen molar-refractivity contribution in [2.45, 2.75) is 32.2 Å². The van der Waals surface area contributed by atoms with Gasteiger partial charge in [-0.15, -0.1) is 0 Å². The average molecular weight is 681 g/mol. The minimum absolute atomic E-state index is 0.140. The summed E-state index contributed by atoms with van der Waals surface area (Å²) in [6.45, 7) is 8.95. The lowest BCUT2D eigenvalue weighted by molar-refractivity contribution is 0.318. The number of benzene rings is 3. The van der Waals surface area contributed by atoms with Gasteiger partial charge in [0.1, 0.15) is 11.6 Å². The summed E-state index contributed by atoms with van der Waals surface area (Å²) >= 11 is 0. The molecule has 12 heteroatoms. The van der Waals surface area contributed by atoms with E-state index in [1.807, 2.05) is 66.7 Å². The molecule has 6 heterocycles. The standard InChI is InChI=1S/C23H23N5O.C16H17N5O/c1-16-13-27(14-17-8-4-2-5-9-17)15-19(16)21-25-23(29)20-12-24-22(28(20)26-21)18-10-6-3-7-11-18;1-10-7-17-8-12(10)14-19-16(22)13-9-18-15(21(13)20-14)11-5-3-2-4-6-11/h2-12,16,19H,13-15H2,1H3,(H,25,26,29);2-6,9-10,12,17H,7-8H2,1H3,(H,19,20,22). The van der Waals surface area contributed by atoms with Crippen LogP contribution in [0.25, 0.3) is 33.8 Å². The molecule has 0 amide bonds. The van der Waals surface area contributed by atoms with Crippen LogP contribution in [0.5, 0.6) is 0 Å². The van der Waals surface area contributed by atoms with Gasteiger partial charge in [-0.1, -0.05) is 105 Å². The first kappa shape index (κ1) is 32.5. The molecule has 3 N–H and O–H groups in total. The van der Waals surface area contributed by atoms with Gasteiger partial charge in [0, 0.05) is 49.1 Å². The zero-order valence-corrected chi connectivity index (χ0v) is 28.6. The Kier molecular flexibility index (Phi) is 8.85. The van der Waals surface area contributed by atoms with Crippen molar-refractivity contribution in [3.63, 3.8) is 0 Å².